The van der Waals surface area contributed by atoms with E-state index in [9.17, 15) is 4.79 Å². The van der Waals surface area contributed by atoms with Crippen molar-refractivity contribution >= 4 is 5.91 Å². The lowest BCUT2D eigenvalue weighted by Gasteiger charge is -2.31. The van der Waals surface area contributed by atoms with Gasteiger partial charge in [0.2, 0.25) is 5.76 Å². The van der Waals surface area contributed by atoms with Crippen molar-refractivity contribution in [1.82, 2.24) is 15.4 Å². The van der Waals surface area contributed by atoms with Gasteiger partial charge in [-0.3, -0.25) is 9.69 Å². The number of carbonyl (C=O) groups is 1. The molecule has 0 aliphatic carbocycles. The summed E-state index contributed by atoms with van der Waals surface area (Å²) in [6.45, 7) is 4.74. The number of benzene rings is 1. The van der Waals surface area contributed by atoms with Crippen LogP contribution >= 0.6 is 0 Å². The van der Waals surface area contributed by atoms with Gasteiger partial charge in [-0.2, -0.15) is 0 Å². The molecule has 1 unspecified atom stereocenters. The maximum absolute atomic E-state index is 12.7. The van der Waals surface area contributed by atoms with Gasteiger partial charge in [0.05, 0.1) is 12.3 Å². The Kier molecular flexibility index (Phi) is 6.10. The molecule has 4 rings (SSSR count). The third-order valence-electron chi connectivity index (χ3n) is 5.51. The van der Waals surface area contributed by atoms with E-state index in [1.807, 2.05) is 0 Å². The molecule has 2 aromatic heterocycles. The van der Waals surface area contributed by atoms with Crippen LogP contribution < -0.4 is 5.32 Å². The van der Waals surface area contributed by atoms with Gasteiger partial charge in [0.15, 0.2) is 11.5 Å². The van der Waals surface area contributed by atoms with Crippen LogP contribution in [0.3, 0.4) is 0 Å². The van der Waals surface area contributed by atoms with E-state index < -0.39 is 0 Å². The van der Waals surface area contributed by atoms with Crippen molar-refractivity contribution in [2.24, 2.45) is 0 Å². The largest absolute Gasteiger partial charge is 0.461 e. The second kappa shape index (κ2) is 9.09. The van der Waals surface area contributed by atoms with Crippen molar-refractivity contribution < 1.29 is 13.7 Å². The van der Waals surface area contributed by atoms with Crippen LogP contribution in [0, 0.1) is 6.92 Å². The first-order valence-corrected chi connectivity index (χ1v) is 10.3. The quantitative estimate of drug-likeness (QED) is 0.663. The molecule has 1 aliphatic rings. The molecule has 29 heavy (non-hydrogen) atoms. The third kappa shape index (κ3) is 4.77. The smallest absolute Gasteiger partial charge is 0.273 e. The summed E-state index contributed by atoms with van der Waals surface area (Å²) in [6.07, 6.45) is 6.51. The molecule has 6 nitrogen and oxygen atoms in total. The van der Waals surface area contributed by atoms with Crippen LogP contribution in [0.4, 0.5) is 0 Å². The van der Waals surface area contributed by atoms with Crippen molar-refractivity contribution in [1.29, 1.82) is 0 Å². The summed E-state index contributed by atoms with van der Waals surface area (Å²) >= 11 is 0. The molecule has 1 N–H and O–H groups in total. The van der Waals surface area contributed by atoms with Crippen LogP contribution in [0.5, 0.6) is 0 Å². The average Bonchev–Trinajstić information content (AvgIpc) is 3.37. The van der Waals surface area contributed by atoms with Crippen LogP contribution in [0.25, 0.3) is 11.5 Å². The Morgan fingerprint density at radius 1 is 1.10 bits per heavy atom. The lowest BCUT2D eigenvalue weighted by molar-refractivity contribution is 0.0924. The zero-order chi connectivity index (χ0) is 20.1. The number of aryl methyl sites for hydroxylation is 1. The highest BCUT2D eigenvalue weighted by molar-refractivity contribution is 5.92. The molecule has 1 aliphatic heterocycles. The van der Waals surface area contributed by atoms with E-state index >= 15 is 0 Å². The van der Waals surface area contributed by atoms with Gasteiger partial charge in [-0.25, -0.2) is 0 Å². The number of carbonyl (C=O) groups excluding carboxylic acids is 1. The summed E-state index contributed by atoms with van der Waals surface area (Å²) in [5, 5.41) is 6.96. The minimum absolute atomic E-state index is 0.147. The molecule has 1 aromatic carbocycles. The predicted octanol–water partition coefficient (Wildman–Crippen LogP) is 4.59. The minimum atomic E-state index is -0.238. The molecule has 0 saturated carbocycles. The van der Waals surface area contributed by atoms with Crippen molar-refractivity contribution in [2.45, 2.75) is 38.6 Å². The number of furan rings is 1. The van der Waals surface area contributed by atoms with Gasteiger partial charge in [0.25, 0.3) is 5.91 Å². The predicted molar refractivity (Wildman–Crippen MR) is 110 cm³/mol. The SMILES string of the molecule is Cc1ccc(C(CNC(=O)c2cc(-c3ccco3)on2)N2CCCCCC2)cc1. The molecule has 1 saturated heterocycles. The molecular weight excluding hydrogens is 366 g/mol. The van der Waals surface area contributed by atoms with Crippen LogP contribution in [-0.4, -0.2) is 35.6 Å². The van der Waals surface area contributed by atoms with Gasteiger partial charge in [0, 0.05) is 12.6 Å². The summed E-state index contributed by atoms with van der Waals surface area (Å²) in [4.78, 5) is 15.2. The molecule has 3 aromatic rings. The second-order valence-electron chi connectivity index (χ2n) is 7.64. The Morgan fingerprint density at radius 2 is 1.86 bits per heavy atom. The number of hydrogen-bond acceptors (Lipinski definition) is 5. The van der Waals surface area contributed by atoms with Gasteiger partial charge >= 0.3 is 0 Å². The van der Waals surface area contributed by atoms with Crippen LogP contribution in [0.1, 0.15) is 53.3 Å². The molecule has 1 atom stereocenters. The number of hydrogen-bond donors (Lipinski definition) is 1. The number of amides is 1. The molecule has 1 fully saturated rings. The van der Waals surface area contributed by atoms with Crippen LogP contribution in [-0.2, 0) is 0 Å². The Morgan fingerprint density at radius 3 is 2.55 bits per heavy atom. The highest BCUT2D eigenvalue weighted by Crippen LogP contribution is 2.25. The van der Waals surface area contributed by atoms with E-state index in [1.165, 1.54) is 36.8 Å². The van der Waals surface area contributed by atoms with Gasteiger partial charge < -0.3 is 14.3 Å². The van der Waals surface area contributed by atoms with Crippen molar-refractivity contribution in [3.63, 3.8) is 0 Å². The number of aromatic nitrogens is 1. The number of likely N-dealkylation sites (tertiary alicyclic amines) is 1. The molecule has 0 radical (unpaired) electrons. The summed E-state index contributed by atoms with van der Waals surface area (Å²) in [7, 11) is 0. The summed E-state index contributed by atoms with van der Waals surface area (Å²) in [6, 6.07) is 13.9. The fourth-order valence-electron chi connectivity index (χ4n) is 3.85. The molecule has 0 spiro atoms. The topological polar surface area (TPSA) is 71.5 Å². The maximum Gasteiger partial charge on any atom is 0.273 e. The van der Waals surface area contributed by atoms with E-state index in [0.717, 1.165) is 13.1 Å². The Hall–Kier alpha value is -2.86. The fourth-order valence-corrected chi connectivity index (χ4v) is 3.85. The average molecular weight is 393 g/mol. The number of rotatable bonds is 6. The highest BCUT2D eigenvalue weighted by Gasteiger charge is 2.23. The van der Waals surface area contributed by atoms with Gasteiger partial charge in [-0.05, 0) is 50.6 Å². The molecular formula is C23H27N3O3. The zero-order valence-corrected chi connectivity index (χ0v) is 16.8. The van der Waals surface area contributed by atoms with Crippen LogP contribution in [0.2, 0.25) is 0 Å². The lowest BCUT2D eigenvalue weighted by atomic mass is 10.0. The minimum Gasteiger partial charge on any atom is -0.461 e. The van der Waals surface area contributed by atoms with E-state index in [1.54, 1.807) is 24.5 Å². The van der Waals surface area contributed by atoms with E-state index in [4.69, 9.17) is 8.94 Å². The standard InChI is InChI=1S/C23H27N3O3/c1-17-8-10-18(11-9-17)20(26-12-4-2-3-5-13-26)16-24-23(27)19-15-22(29-25-19)21-7-6-14-28-21/h6-11,14-15,20H,2-5,12-13,16H2,1H3,(H,24,27). The Bertz CT molecular complexity index is 907. The van der Waals surface area contributed by atoms with E-state index in [0.29, 0.717) is 18.1 Å². The maximum atomic E-state index is 12.7. The van der Waals surface area contributed by atoms with E-state index in [2.05, 4.69) is 46.6 Å². The van der Waals surface area contributed by atoms with Crippen LogP contribution in [0.15, 0.2) is 57.7 Å². The summed E-state index contributed by atoms with van der Waals surface area (Å²) in [5.74, 6) is 0.764. The first-order chi connectivity index (χ1) is 14.2. The van der Waals surface area contributed by atoms with Gasteiger partial charge in [-0.1, -0.05) is 47.8 Å². The van der Waals surface area contributed by atoms with Crippen molar-refractivity contribution in [2.75, 3.05) is 19.6 Å². The van der Waals surface area contributed by atoms with Crippen molar-refractivity contribution in [3.05, 3.63) is 65.5 Å². The Balaban J connectivity index is 1.47. The molecule has 1 amide bonds. The molecule has 3 heterocycles. The number of nitrogens with zero attached hydrogens (tertiary/aromatic N) is 2. The first-order valence-electron chi connectivity index (χ1n) is 10.3. The molecule has 152 valence electrons. The molecule has 6 heteroatoms. The Labute approximate surface area is 170 Å². The first kappa shape index (κ1) is 19.5. The lowest BCUT2D eigenvalue weighted by Crippen LogP contribution is -2.38. The van der Waals surface area contributed by atoms with E-state index in [-0.39, 0.29) is 17.6 Å². The number of nitrogens with one attached hydrogen (secondary N) is 1. The molecule has 0 bridgehead atoms. The van der Waals surface area contributed by atoms with Gasteiger partial charge in [0.1, 0.15) is 0 Å². The zero-order valence-electron chi connectivity index (χ0n) is 16.8. The summed E-state index contributed by atoms with van der Waals surface area (Å²) < 4.78 is 10.5. The monoisotopic (exact) mass is 393 g/mol. The summed E-state index contributed by atoms with van der Waals surface area (Å²) in [5.41, 5.74) is 2.73. The van der Waals surface area contributed by atoms with Gasteiger partial charge in [-0.15, -0.1) is 0 Å². The van der Waals surface area contributed by atoms with Crippen molar-refractivity contribution in [3.8, 4) is 11.5 Å². The fraction of sp³-hybridized carbons (Fsp3) is 0.391. The second-order valence-corrected chi connectivity index (χ2v) is 7.64. The normalized spacial score (nSPS) is 16.3. The third-order valence-corrected chi connectivity index (χ3v) is 5.51. The highest BCUT2D eigenvalue weighted by atomic mass is 16.5.